The molecular weight excluding hydrogens is 761 g/mol. The van der Waals surface area contributed by atoms with Gasteiger partial charge in [-0.3, -0.25) is 0 Å². The summed E-state index contributed by atoms with van der Waals surface area (Å²) in [6.07, 6.45) is 19.1. The highest BCUT2D eigenvalue weighted by molar-refractivity contribution is 6.03. The number of allylic oxidation sites excluding steroid dienone is 11. The molecule has 63 heavy (non-hydrogen) atoms. The molecule has 1 N–H and O–H groups in total. The van der Waals surface area contributed by atoms with Crippen LogP contribution in [0, 0.1) is 0 Å². The minimum Gasteiger partial charge on any atom is -0.356 e. The first-order valence-electron chi connectivity index (χ1n) is 22.6. The van der Waals surface area contributed by atoms with E-state index in [0.29, 0.717) is 5.92 Å². The van der Waals surface area contributed by atoms with Crippen molar-refractivity contribution in [1.29, 1.82) is 0 Å². The van der Waals surface area contributed by atoms with Gasteiger partial charge >= 0.3 is 0 Å². The van der Waals surface area contributed by atoms with Gasteiger partial charge in [0.2, 0.25) is 0 Å². The van der Waals surface area contributed by atoms with Crippen LogP contribution >= 0.6 is 0 Å². The highest BCUT2D eigenvalue weighted by Gasteiger charge is 2.55. The molecule has 2 atom stereocenters. The van der Waals surface area contributed by atoms with E-state index in [1.807, 2.05) is 0 Å². The molecule has 1 spiro atoms. The Morgan fingerprint density at radius 3 is 1.87 bits per heavy atom. The Labute approximate surface area is 371 Å². The lowest BCUT2D eigenvalue weighted by Gasteiger charge is -2.37. The van der Waals surface area contributed by atoms with Crippen LogP contribution in [0.25, 0.3) is 27.8 Å². The number of nitrogens with zero attached hydrogens (tertiary/aromatic N) is 1. The molecule has 5 aliphatic rings. The van der Waals surface area contributed by atoms with E-state index >= 15 is 0 Å². The van der Waals surface area contributed by atoms with Crippen LogP contribution in [0.15, 0.2) is 235 Å². The minimum absolute atomic E-state index is 0.370. The third-order valence-corrected chi connectivity index (χ3v) is 14.0. The van der Waals surface area contributed by atoms with Crippen molar-refractivity contribution in [2.45, 2.75) is 43.4 Å². The third kappa shape index (κ3) is 6.23. The molecule has 0 amide bonds. The summed E-state index contributed by atoms with van der Waals surface area (Å²) in [5.41, 5.74) is 23.4. The van der Waals surface area contributed by atoms with Gasteiger partial charge in [0.15, 0.2) is 0 Å². The highest BCUT2D eigenvalue weighted by atomic mass is 15.2. The van der Waals surface area contributed by atoms with Crippen molar-refractivity contribution in [2.75, 3.05) is 10.2 Å². The fourth-order valence-electron chi connectivity index (χ4n) is 11.2. The molecular formula is C61H48N2. The topological polar surface area (TPSA) is 15.3 Å². The molecule has 0 saturated carbocycles. The van der Waals surface area contributed by atoms with E-state index in [-0.39, 0.29) is 5.41 Å². The van der Waals surface area contributed by atoms with E-state index in [4.69, 9.17) is 0 Å². The van der Waals surface area contributed by atoms with Crippen molar-refractivity contribution >= 4 is 39.5 Å². The van der Waals surface area contributed by atoms with Gasteiger partial charge in [0.1, 0.15) is 0 Å². The average Bonchev–Trinajstić information content (AvgIpc) is 3.83. The lowest BCUT2D eigenvalue weighted by atomic mass is 9.66. The number of para-hydroxylation sites is 1. The third-order valence-electron chi connectivity index (χ3n) is 14.0. The maximum Gasteiger partial charge on any atom is 0.0686 e. The molecule has 0 fully saturated rings. The van der Waals surface area contributed by atoms with Crippen LogP contribution in [-0.4, -0.2) is 0 Å². The first-order chi connectivity index (χ1) is 31.2. The SMILES string of the molecule is C1=CCC(c2ccc(N(C3=CCCC4=C3c3ccccc3C43C4=C(CCC(c5ccc(Nc6ccccc6)cc5)=C4)c4ccccc43)c3ccc(-c4ccccc4)cc3)cc2)C=C1. The Kier molecular flexibility index (Phi) is 9.18. The van der Waals surface area contributed by atoms with Crippen molar-refractivity contribution in [1.82, 2.24) is 0 Å². The van der Waals surface area contributed by atoms with Crippen LogP contribution in [0.5, 0.6) is 0 Å². The Balaban J connectivity index is 1.00. The lowest BCUT2D eigenvalue weighted by Crippen LogP contribution is -2.30. The number of nitrogens with one attached hydrogen (secondary N) is 1. The molecule has 2 nitrogen and oxygen atoms in total. The second kappa shape index (κ2) is 15.5. The minimum atomic E-state index is -0.370. The number of hydrogen-bond donors (Lipinski definition) is 1. The molecule has 2 heteroatoms. The standard InChI is InChI=1S/C61H48N2/c1-4-15-42(16-5-1)44-29-36-50(37-30-44)63(51-38-31-45(32-39-51)43-17-6-2-7-18-43)59-26-14-25-57-60(59)54-22-11-13-24-56(54)61(57)55-23-12-10-21-52(55)53-40-33-47(41-58(53)61)46-27-34-49(35-28-46)62-48-19-8-3-9-20-48/h1-13,15-17,19-24,26-32,34-39,41,43,62H,14,18,25,33,40H2. The van der Waals surface area contributed by atoms with Crippen molar-refractivity contribution in [3.8, 4) is 11.1 Å². The maximum absolute atomic E-state index is 3.58. The first kappa shape index (κ1) is 37.4. The fourth-order valence-corrected chi connectivity index (χ4v) is 11.2. The summed E-state index contributed by atoms with van der Waals surface area (Å²) < 4.78 is 0. The molecule has 0 aliphatic heterocycles. The molecule has 2 unspecified atom stereocenters. The smallest absolute Gasteiger partial charge is 0.0686 e. The number of anilines is 4. The first-order valence-corrected chi connectivity index (χ1v) is 22.6. The van der Waals surface area contributed by atoms with Crippen LogP contribution in [0.2, 0.25) is 0 Å². The summed E-state index contributed by atoms with van der Waals surface area (Å²) in [5.74, 6) is 0.398. The van der Waals surface area contributed by atoms with Gasteiger partial charge in [0, 0.05) is 34.2 Å². The van der Waals surface area contributed by atoms with Crippen molar-refractivity contribution in [2.24, 2.45) is 0 Å². The predicted molar refractivity (Wildman–Crippen MR) is 264 cm³/mol. The second-order valence-electron chi connectivity index (χ2n) is 17.4. The monoisotopic (exact) mass is 808 g/mol. The Morgan fingerprint density at radius 2 is 1.14 bits per heavy atom. The van der Waals surface area contributed by atoms with Gasteiger partial charge in [-0.05, 0) is 147 Å². The number of hydrogen-bond acceptors (Lipinski definition) is 2. The molecule has 0 aromatic heterocycles. The van der Waals surface area contributed by atoms with E-state index < -0.39 is 0 Å². The van der Waals surface area contributed by atoms with Gasteiger partial charge in [-0.15, -0.1) is 0 Å². The van der Waals surface area contributed by atoms with Crippen molar-refractivity contribution in [3.63, 3.8) is 0 Å². The van der Waals surface area contributed by atoms with E-state index in [9.17, 15) is 0 Å². The highest BCUT2D eigenvalue weighted by Crippen LogP contribution is 2.66. The van der Waals surface area contributed by atoms with E-state index in [1.54, 1.807) is 0 Å². The molecule has 7 aromatic rings. The Morgan fingerprint density at radius 1 is 0.524 bits per heavy atom. The molecule has 302 valence electrons. The van der Waals surface area contributed by atoms with Crippen molar-refractivity contribution in [3.05, 3.63) is 269 Å². The zero-order valence-corrected chi connectivity index (χ0v) is 35.3. The Bertz CT molecular complexity index is 3070. The van der Waals surface area contributed by atoms with Gasteiger partial charge in [0.05, 0.1) is 11.1 Å². The molecule has 12 rings (SSSR count). The summed E-state index contributed by atoms with van der Waals surface area (Å²) >= 11 is 0. The summed E-state index contributed by atoms with van der Waals surface area (Å²) in [4.78, 5) is 2.54. The normalized spacial score (nSPS) is 19.3. The molecule has 7 aromatic carbocycles. The number of benzene rings is 7. The van der Waals surface area contributed by atoms with E-state index in [2.05, 4.69) is 229 Å². The summed E-state index contributed by atoms with van der Waals surface area (Å²) in [7, 11) is 0. The molecule has 0 radical (unpaired) electrons. The quantitative estimate of drug-likeness (QED) is 0.165. The van der Waals surface area contributed by atoms with E-state index in [0.717, 1.165) is 49.2 Å². The van der Waals surface area contributed by atoms with Crippen LogP contribution < -0.4 is 10.2 Å². The van der Waals surface area contributed by atoms with Crippen molar-refractivity contribution < 1.29 is 0 Å². The van der Waals surface area contributed by atoms with Gasteiger partial charge in [-0.2, -0.15) is 0 Å². The molecule has 0 heterocycles. The van der Waals surface area contributed by atoms with Crippen LogP contribution in [0.1, 0.15) is 71.4 Å². The summed E-state index contributed by atoms with van der Waals surface area (Å²) in [5, 5.41) is 3.58. The molecule has 0 saturated heterocycles. The van der Waals surface area contributed by atoms with Gasteiger partial charge < -0.3 is 10.2 Å². The fraction of sp³-hybridized carbons (Fsp3) is 0.115. The number of rotatable bonds is 8. The number of fused-ring (bicyclic) bond motifs is 8. The predicted octanol–water partition coefficient (Wildman–Crippen LogP) is 15.9. The van der Waals surface area contributed by atoms with Crippen LogP contribution in [0.4, 0.5) is 22.7 Å². The summed E-state index contributed by atoms with van der Waals surface area (Å²) in [6, 6.07) is 67.5. The zero-order chi connectivity index (χ0) is 41.7. The van der Waals surface area contributed by atoms with Gasteiger partial charge in [-0.25, -0.2) is 0 Å². The lowest BCUT2D eigenvalue weighted by molar-refractivity contribution is 0.704. The zero-order valence-electron chi connectivity index (χ0n) is 35.3. The molecule has 0 bridgehead atoms. The van der Waals surface area contributed by atoms with Crippen LogP contribution in [0.3, 0.4) is 0 Å². The molecule has 5 aliphatic carbocycles. The van der Waals surface area contributed by atoms with Gasteiger partial charge in [0.25, 0.3) is 0 Å². The largest absolute Gasteiger partial charge is 0.356 e. The maximum atomic E-state index is 3.58. The summed E-state index contributed by atoms with van der Waals surface area (Å²) in [6.45, 7) is 0. The second-order valence-corrected chi connectivity index (χ2v) is 17.4. The average molecular weight is 809 g/mol. The Hall–Kier alpha value is -7.42. The van der Waals surface area contributed by atoms with Crippen LogP contribution in [-0.2, 0) is 5.41 Å². The van der Waals surface area contributed by atoms with E-state index in [1.165, 1.54) is 83.8 Å². The van der Waals surface area contributed by atoms with Gasteiger partial charge in [-0.1, -0.05) is 170 Å².